The van der Waals surface area contributed by atoms with Gasteiger partial charge in [0.05, 0.1) is 4.90 Å². The van der Waals surface area contributed by atoms with E-state index in [1.165, 1.54) is 0 Å². The summed E-state index contributed by atoms with van der Waals surface area (Å²) in [6, 6.07) is 6.57. The molecule has 1 aliphatic rings. The molecule has 1 amide bonds. The molecule has 110 valence electrons. The molecule has 5 nitrogen and oxygen atoms in total. The van der Waals surface area contributed by atoms with Gasteiger partial charge in [-0.15, -0.1) is 0 Å². The molecule has 0 aromatic heterocycles. The van der Waals surface area contributed by atoms with E-state index >= 15 is 0 Å². The molecule has 1 saturated heterocycles. The summed E-state index contributed by atoms with van der Waals surface area (Å²) in [4.78, 5) is 13.4. The first-order valence-corrected chi connectivity index (χ1v) is 8.80. The smallest absolute Gasteiger partial charge is 0.240 e. The third kappa shape index (κ3) is 4.04. The van der Waals surface area contributed by atoms with Crippen LogP contribution < -0.4 is 4.72 Å². The molecule has 2 rings (SSSR count). The van der Waals surface area contributed by atoms with Crippen LogP contribution in [0.3, 0.4) is 0 Å². The molecule has 0 unspecified atom stereocenters. The Balaban J connectivity index is 1.82. The SMILES string of the molecule is O=C1CCCN1CCCNS(=O)(=O)c1cccc(Br)c1. The van der Waals surface area contributed by atoms with Crippen LogP contribution in [0.1, 0.15) is 19.3 Å². The standard InChI is InChI=1S/C13H17BrN2O3S/c14-11-4-1-5-12(10-11)20(18,19)15-7-3-9-16-8-2-6-13(16)17/h1,4-5,10,15H,2-3,6-9H2. The van der Waals surface area contributed by atoms with Crippen LogP contribution in [0.4, 0.5) is 0 Å². The Morgan fingerprint density at radius 2 is 2.15 bits per heavy atom. The quantitative estimate of drug-likeness (QED) is 0.785. The van der Waals surface area contributed by atoms with Gasteiger partial charge in [0.1, 0.15) is 0 Å². The van der Waals surface area contributed by atoms with E-state index in [0.717, 1.165) is 17.4 Å². The minimum Gasteiger partial charge on any atom is -0.343 e. The summed E-state index contributed by atoms with van der Waals surface area (Å²) in [5.74, 6) is 0.167. The van der Waals surface area contributed by atoms with E-state index < -0.39 is 10.0 Å². The van der Waals surface area contributed by atoms with Gasteiger partial charge in [0.15, 0.2) is 0 Å². The van der Waals surface area contributed by atoms with Crippen LogP contribution in [-0.4, -0.2) is 38.9 Å². The highest BCUT2D eigenvalue weighted by Gasteiger charge is 2.19. The summed E-state index contributed by atoms with van der Waals surface area (Å²) in [5, 5.41) is 0. The van der Waals surface area contributed by atoms with Crippen molar-refractivity contribution in [3.05, 3.63) is 28.7 Å². The number of nitrogens with one attached hydrogen (secondary N) is 1. The maximum atomic E-state index is 12.0. The van der Waals surface area contributed by atoms with Crippen LogP contribution in [0.5, 0.6) is 0 Å². The molecule has 7 heteroatoms. The summed E-state index contributed by atoms with van der Waals surface area (Å²) < 4.78 is 27.3. The molecule has 0 saturated carbocycles. The lowest BCUT2D eigenvalue weighted by Gasteiger charge is -2.15. The molecule has 0 spiro atoms. The maximum absolute atomic E-state index is 12.0. The normalized spacial score (nSPS) is 15.8. The fourth-order valence-electron chi connectivity index (χ4n) is 2.13. The molecule has 1 heterocycles. The van der Waals surface area contributed by atoms with Gasteiger partial charge in [0.2, 0.25) is 15.9 Å². The predicted octanol–water partition coefficient (Wildman–Crippen LogP) is 1.74. The van der Waals surface area contributed by atoms with Crippen molar-refractivity contribution in [1.82, 2.24) is 9.62 Å². The van der Waals surface area contributed by atoms with Gasteiger partial charge in [-0.1, -0.05) is 22.0 Å². The van der Waals surface area contributed by atoms with E-state index in [4.69, 9.17) is 0 Å². The molecule has 1 aliphatic heterocycles. The monoisotopic (exact) mass is 360 g/mol. The van der Waals surface area contributed by atoms with Crippen LogP contribution >= 0.6 is 15.9 Å². The average Bonchev–Trinajstić information content (AvgIpc) is 2.80. The molecule has 1 aromatic rings. The molecule has 0 atom stereocenters. The summed E-state index contributed by atoms with van der Waals surface area (Å²) >= 11 is 3.25. The van der Waals surface area contributed by atoms with Crippen molar-refractivity contribution < 1.29 is 13.2 Å². The zero-order chi connectivity index (χ0) is 14.6. The largest absolute Gasteiger partial charge is 0.343 e. The number of nitrogens with zero attached hydrogens (tertiary/aromatic N) is 1. The van der Waals surface area contributed by atoms with Gasteiger partial charge in [0.25, 0.3) is 0 Å². The number of hydrogen-bond donors (Lipinski definition) is 1. The van der Waals surface area contributed by atoms with Crippen LogP contribution in [0, 0.1) is 0 Å². The Bertz CT molecular complexity index is 589. The first kappa shape index (κ1) is 15.5. The number of benzene rings is 1. The molecule has 0 bridgehead atoms. The number of likely N-dealkylation sites (tertiary alicyclic amines) is 1. The molecule has 0 aliphatic carbocycles. The van der Waals surface area contributed by atoms with E-state index in [1.54, 1.807) is 29.2 Å². The van der Waals surface area contributed by atoms with Crippen molar-refractivity contribution in [2.45, 2.75) is 24.2 Å². The molecule has 0 radical (unpaired) electrons. The van der Waals surface area contributed by atoms with Crippen LogP contribution in [0.2, 0.25) is 0 Å². The van der Waals surface area contributed by atoms with Gasteiger partial charge in [-0.05, 0) is 31.0 Å². The molecule has 20 heavy (non-hydrogen) atoms. The van der Waals surface area contributed by atoms with E-state index in [-0.39, 0.29) is 10.8 Å². The minimum atomic E-state index is -3.48. The number of carbonyl (C=O) groups is 1. The zero-order valence-corrected chi connectivity index (χ0v) is 13.4. The Morgan fingerprint density at radius 1 is 1.35 bits per heavy atom. The highest BCUT2D eigenvalue weighted by molar-refractivity contribution is 9.10. The van der Waals surface area contributed by atoms with Gasteiger partial charge >= 0.3 is 0 Å². The van der Waals surface area contributed by atoms with Crippen LogP contribution in [0.25, 0.3) is 0 Å². The Hall–Kier alpha value is -0.920. The van der Waals surface area contributed by atoms with E-state index in [0.29, 0.717) is 25.9 Å². The maximum Gasteiger partial charge on any atom is 0.240 e. The fourth-order valence-corrected chi connectivity index (χ4v) is 3.80. The predicted molar refractivity (Wildman–Crippen MR) is 79.8 cm³/mol. The topological polar surface area (TPSA) is 66.5 Å². The third-order valence-electron chi connectivity index (χ3n) is 3.17. The highest BCUT2D eigenvalue weighted by Crippen LogP contribution is 2.16. The van der Waals surface area contributed by atoms with Gasteiger partial charge in [-0.3, -0.25) is 4.79 Å². The molecular weight excluding hydrogens is 344 g/mol. The number of sulfonamides is 1. The molecular formula is C13H17BrN2O3S. The van der Waals surface area contributed by atoms with Gasteiger partial charge in [-0.2, -0.15) is 0 Å². The van der Waals surface area contributed by atoms with Gasteiger partial charge < -0.3 is 4.90 Å². The first-order chi connectivity index (χ1) is 9.49. The van der Waals surface area contributed by atoms with Crippen molar-refractivity contribution in [3.63, 3.8) is 0 Å². The Kier molecular flexibility index (Phi) is 5.17. The van der Waals surface area contributed by atoms with E-state index in [2.05, 4.69) is 20.7 Å². The zero-order valence-electron chi connectivity index (χ0n) is 11.0. The number of hydrogen-bond acceptors (Lipinski definition) is 3. The summed E-state index contributed by atoms with van der Waals surface area (Å²) in [5.41, 5.74) is 0. The number of carbonyl (C=O) groups excluding carboxylic acids is 1. The second kappa shape index (κ2) is 6.69. The van der Waals surface area contributed by atoms with Crippen molar-refractivity contribution in [2.24, 2.45) is 0 Å². The molecule has 1 fully saturated rings. The lowest BCUT2D eigenvalue weighted by molar-refractivity contribution is -0.127. The molecule has 1 N–H and O–H groups in total. The van der Waals surface area contributed by atoms with Crippen molar-refractivity contribution in [1.29, 1.82) is 0 Å². The Labute approximate surface area is 127 Å². The highest BCUT2D eigenvalue weighted by atomic mass is 79.9. The van der Waals surface area contributed by atoms with Gasteiger partial charge in [-0.25, -0.2) is 13.1 Å². The van der Waals surface area contributed by atoms with Crippen LogP contribution in [0.15, 0.2) is 33.6 Å². The minimum absolute atomic E-state index is 0.167. The van der Waals surface area contributed by atoms with E-state index in [9.17, 15) is 13.2 Å². The number of halogens is 1. The summed E-state index contributed by atoms with van der Waals surface area (Å²) in [6.45, 7) is 1.73. The van der Waals surface area contributed by atoms with E-state index in [1.807, 2.05) is 0 Å². The lowest BCUT2D eigenvalue weighted by Crippen LogP contribution is -2.30. The fraction of sp³-hybridized carbons (Fsp3) is 0.462. The Morgan fingerprint density at radius 3 is 2.80 bits per heavy atom. The second-order valence-corrected chi connectivity index (χ2v) is 7.38. The second-order valence-electron chi connectivity index (χ2n) is 4.69. The molecule has 1 aromatic carbocycles. The van der Waals surface area contributed by atoms with Crippen LogP contribution in [-0.2, 0) is 14.8 Å². The van der Waals surface area contributed by atoms with Crippen molar-refractivity contribution >= 4 is 31.9 Å². The lowest BCUT2D eigenvalue weighted by atomic mass is 10.4. The average molecular weight is 361 g/mol. The van der Waals surface area contributed by atoms with Gasteiger partial charge in [0, 0.05) is 30.5 Å². The van der Waals surface area contributed by atoms with Crippen molar-refractivity contribution in [2.75, 3.05) is 19.6 Å². The number of amides is 1. The summed E-state index contributed by atoms with van der Waals surface area (Å²) in [6.07, 6.45) is 2.14. The third-order valence-corrected chi connectivity index (χ3v) is 5.13. The number of rotatable bonds is 6. The van der Waals surface area contributed by atoms with Crippen molar-refractivity contribution in [3.8, 4) is 0 Å². The first-order valence-electron chi connectivity index (χ1n) is 6.52. The summed E-state index contributed by atoms with van der Waals surface area (Å²) in [7, 11) is -3.48.